The molecule has 1 aromatic rings. The second kappa shape index (κ2) is 8.35. The number of primary amides is 1. The Morgan fingerprint density at radius 3 is 2.78 bits per heavy atom. The summed E-state index contributed by atoms with van der Waals surface area (Å²) in [5.41, 5.74) is 5.66. The number of aromatic nitrogens is 1. The number of rotatable bonds is 7. The second-order valence-electron chi connectivity index (χ2n) is 7.34. The van der Waals surface area contributed by atoms with Gasteiger partial charge in [-0.05, 0) is 38.3 Å². The molecule has 2 atom stereocenters. The molecule has 0 aliphatic carbocycles. The molecule has 0 fully saturated rings. The number of aliphatic imine (C=N–C) groups is 1. The monoisotopic (exact) mass is 397 g/mol. The van der Waals surface area contributed by atoms with Crippen molar-refractivity contribution in [2.45, 2.75) is 52.0 Å². The summed E-state index contributed by atoms with van der Waals surface area (Å²) < 4.78 is 26.1. The molecule has 1 aliphatic rings. The average Bonchev–Trinajstić information content (AvgIpc) is 2.54. The molecule has 2 N–H and O–H groups in total. The standard InChI is InChI=1S/C19H25ClFN3O3/c1-12(2)10-18(4,27-17(22)25)11-26-19(21)7-5-15(24-13(19)3)14-6-8-23-16(20)9-14/h5-6,8-9,12H,7,10-11H2,1-4H3,(H2,22,25). The van der Waals surface area contributed by atoms with Crippen LogP contribution in [-0.2, 0) is 9.47 Å². The van der Waals surface area contributed by atoms with E-state index < -0.39 is 17.5 Å². The summed E-state index contributed by atoms with van der Waals surface area (Å²) >= 11 is 5.90. The quantitative estimate of drug-likeness (QED) is 0.685. The van der Waals surface area contributed by atoms with Crippen molar-refractivity contribution in [1.29, 1.82) is 0 Å². The first-order valence-corrected chi connectivity index (χ1v) is 9.10. The lowest BCUT2D eigenvalue weighted by atomic mass is 9.94. The van der Waals surface area contributed by atoms with Gasteiger partial charge in [0.1, 0.15) is 10.8 Å². The van der Waals surface area contributed by atoms with Crippen LogP contribution in [0.3, 0.4) is 0 Å². The molecule has 2 heterocycles. The Kier molecular flexibility index (Phi) is 6.59. The van der Waals surface area contributed by atoms with E-state index in [0.717, 1.165) is 5.56 Å². The van der Waals surface area contributed by atoms with E-state index in [-0.39, 0.29) is 24.7 Å². The van der Waals surface area contributed by atoms with Crippen molar-refractivity contribution in [3.05, 3.63) is 35.1 Å². The molecule has 0 saturated carbocycles. The molecule has 0 spiro atoms. The van der Waals surface area contributed by atoms with Crippen molar-refractivity contribution in [1.82, 2.24) is 4.98 Å². The summed E-state index contributed by atoms with van der Waals surface area (Å²) in [6.07, 6.45) is 2.76. The molecule has 8 heteroatoms. The molecule has 2 unspecified atom stereocenters. The number of halogens is 2. The molecule has 0 aromatic carbocycles. The van der Waals surface area contributed by atoms with Crippen LogP contribution in [0.1, 0.15) is 46.1 Å². The van der Waals surface area contributed by atoms with Crippen LogP contribution in [0.2, 0.25) is 5.15 Å². The van der Waals surface area contributed by atoms with Crippen LogP contribution < -0.4 is 5.73 Å². The minimum atomic E-state index is -2.08. The molecule has 0 radical (unpaired) electrons. The highest BCUT2D eigenvalue weighted by Crippen LogP contribution is 2.33. The minimum Gasteiger partial charge on any atom is -0.441 e. The predicted octanol–water partition coefficient (Wildman–Crippen LogP) is 4.52. The number of alkyl halides is 1. The van der Waals surface area contributed by atoms with Gasteiger partial charge in [0.15, 0.2) is 0 Å². The summed E-state index contributed by atoms with van der Waals surface area (Å²) in [6.45, 7) is 7.04. The van der Waals surface area contributed by atoms with Gasteiger partial charge in [-0.15, -0.1) is 0 Å². The van der Waals surface area contributed by atoms with E-state index >= 15 is 4.39 Å². The molecular formula is C19H25ClFN3O3. The van der Waals surface area contributed by atoms with E-state index in [1.54, 1.807) is 38.3 Å². The maximum absolute atomic E-state index is 15.3. The van der Waals surface area contributed by atoms with Gasteiger partial charge < -0.3 is 15.2 Å². The van der Waals surface area contributed by atoms with Crippen LogP contribution in [0.4, 0.5) is 9.18 Å². The third-order valence-electron chi connectivity index (χ3n) is 4.20. The fraction of sp³-hybridized carbons (Fsp3) is 0.526. The largest absolute Gasteiger partial charge is 0.441 e. The highest BCUT2D eigenvalue weighted by Gasteiger charge is 2.40. The highest BCUT2D eigenvalue weighted by atomic mass is 35.5. The minimum absolute atomic E-state index is 0.0219. The molecule has 0 saturated heterocycles. The van der Waals surface area contributed by atoms with Gasteiger partial charge in [0, 0.05) is 18.2 Å². The van der Waals surface area contributed by atoms with E-state index in [9.17, 15) is 4.79 Å². The number of amides is 1. The summed E-state index contributed by atoms with van der Waals surface area (Å²) in [6, 6.07) is 3.41. The van der Waals surface area contributed by atoms with Gasteiger partial charge >= 0.3 is 6.09 Å². The fourth-order valence-corrected chi connectivity index (χ4v) is 3.27. The molecule has 2 rings (SSSR count). The van der Waals surface area contributed by atoms with E-state index in [2.05, 4.69) is 9.98 Å². The number of pyridine rings is 1. The van der Waals surface area contributed by atoms with Crippen molar-refractivity contribution in [2.75, 3.05) is 6.61 Å². The van der Waals surface area contributed by atoms with Gasteiger partial charge in [0.25, 0.3) is 5.85 Å². The second-order valence-corrected chi connectivity index (χ2v) is 7.73. The van der Waals surface area contributed by atoms with Crippen LogP contribution in [-0.4, -0.2) is 34.9 Å². The van der Waals surface area contributed by atoms with Gasteiger partial charge in [-0.3, -0.25) is 4.99 Å². The normalized spacial score (nSPS) is 22.0. The Labute approximate surface area is 163 Å². The fourth-order valence-electron chi connectivity index (χ4n) is 3.10. The van der Waals surface area contributed by atoms with E-state index in [1.807, 2.05) is 13.8 Å². The van der Waals surface area contributed by atoms with Crippen LogP contribution in [0.25, 0.3) is 5.70 Å². The van der Waals surface area contributed by atoms with Gasteiger partial charge in [0.05, 0.1) is 18.0 Å². The number of hydrogen-bond acceptors (Lipinski definition) is 5. The van der Waals surface area contributed by atoms with Gasteiger partial charge in [-0.25, -0.2) is 14.2 Å². The number of carbonyl (C=O) groups excluding carboxylic acids is 1. The SMILES string of the molecule is CC1=NC(c2ccnc(Cl)c2)=CCC1(F)OCC(C)(CC(C)C)OC(N)=O. The molecular weight excluding hydrogens is 373 g/mol. The predicted molar refractivity (Wildman–Crippen MR) is 103 cm³/mol. The first kappa shape index (κ1) is 21.3. The molecule has 148 valence electrons. The maximum Gasteiger partial charge on any atom is 0.405 e. The van der Waals surface area contributed by atoms with Crippen LogP contribution in [0.15, 0.2) is 29.4 Å². The lowest BCUT2D eigenvalue weighted by Crippen LogP contribution is -2.45. The molecule has 1 aliphatic heterocycles. The smallest absolute Gasteiger partial charge is 0.405 e. The van der Waals surface area contributed by atoms with Crippen LogP contribution >= 0.6 is 11.6 Å². The number of carbonyl (C=O) groups is 1. The third-order valence-corrected chi connectivity index (χ3v) is 4.41. The first-order chi connectivity index (χ1) is 12.5. The molecule has 6 nitrogen and oxygen atoms in total. The van der Waals surface area contributed by atoms with E-state index in [1.165, 1.54) is 0 Å². The van der Waals surface area contributed by atoms with Gasteiger partial charge in [-0.2, -0.15) is 0 Å². The Morgan fingerprint density at radius 2 is 2.22 bits per heavy atom. The molecule has 1 amide bonds. The van der Waals surface area contributed by atoms with Crippen LogP contribution in [0, 0.1) is 5.92 Å². The van der Waals surface area contributed by atoms with Gasteiger partial charge in [-0.1, -0.05) is 31.5 Å². The van der Waals surface area contributed by atoms with Gasteiger partial charge in [0.2, 0.25) is 0 Å². The Bertz CT molecular complexity index is 768. The molecule has 1 aromatic heterocycles. The number of ether oxygens (including phenoxy) is 2. The molecule has 27 heavy (non-hydrogen) atoms. The topological polar surface area (TPSA) is 86.8 Å². The van der Waals surface area contributed by atoms with E-state index in [4.69, 9.17) is 26.8 Å². The van der Waals surface area contributed by atoms with Crippen LogP contribution in [0.5, 0.6) is 0 Å². The summed E-state index contributed by atoms with van der Waals surface area (Å²) in [5.74, 6) is -1.88. The third kappa shape index (κ3) is 5.74. The summed E-state index contributed by atoms with van der Waals surface area (Å²) in [4.78, 5) is 19.5. The zero-order valence-corrected chi connectivity index (χ0v) is 16.7. The number of nitrogens with zero attached hydrogens (tertiary/aromatic N) is 2. The Balaban J connectivity index is 2.13. The first-order valence-electron chi connectivity index (χ1n) is 8.72. The zero-order valence-electron chi connectivity index (χ0n) is 16.0. The summed E-state index contributed by atoms with van der Waals surface area (Å²) in [7, 11) is 0. The van der Waals surface area contributed by atoms with Crippen molar-refractivity contribution in [2.24, 2.45) is 16.6 Å². The number of nitrogens with two attached hydrogens (primary N) is 1. The average molecular weight is 398 g/mol. The molecule has 0 bridgehead atoms. The van der Waals surface area contributed by atoms with Crippen molar-refractivity contribution < 1.29 is 18.7 Å². The van der Waals surface area contributed by atoms with Crippen molar-refractivity contribution in [3.63, 3.8) is 0 Å². The lowest BCUT2D eigenvalue weighted by Gasteiger charge is -2.35. The zero-order chi connectivity index (χ0) is 20.2. The number of hydrogen-bond donors (Lipinski definition) is 1. The highest BCUT2D eigenvalue weighted by molar-refractivity contribution is 6.29. The maximum atomic E-state index is 15.3. The van der Waals surface area contributed by atoms with Crippen molar-refractivity contribution >= 4 is 29.1 Å². The van der Waals surface area contributed by atoms with Crippen molar-refractivity contribution in [3.8, 4) is 0 Å². The Hall–Kier alpha value is -1.99. The Morgan fingerprint density at radius 1 is 1.52 bits per heavy atom. The summed E-state index contributed by atoms with van der Waals surface area (Å²) in [5, 5.41) is 0.336. The lowest BCUT2D eigenvalue weighted by molar-refractivity contribution is -0.143. The van der Waals surface area contributed by atoms with E-state index in [0.29, 0.717) is 17.3 Å².